The summed E-state index contributed by atoms with van der Waals surface area (Å²) in [6, 6.07) is 24.1. The molecule has 1 atom stereocenters. The van der Waals surface area contributed by atoms with E-state index in [2.05, 4.69) is 43.4 Å². The van der Waals surface area contributed by atoms with Crippen LogP contribution in [0.3, 0.4) is 0 Å². The van der Waals surface area contributed by atoms with Gasteiger partial charge in [-0.1, -0.05) is 72.8 Å². The van der Waals surface area contributed by atoms with Gasteiger partial charge >= 0.3 is 0 Å². The van der Waals surface area contributed by atoms with E-state index in [9.17, 15) is 4.79 Å². The number of hydrogen-bond donors (Lipinski definition) is 1. The maximum Gasteiger partial charge on any atom is 0.180 e. The second-order valence-electron chi connectivity index (χ2n) is 7.30. The molecule has 1 unspecified atom stereocenters. The van der Waals surface area contributed by atoms with Crippen molar-refractivity contribution in [2.75, 3.05) is 0 Å². The molecule has 0 aromatic heterocycles. The summed E-state index contributed by atoms with van der Waals surface area (Å²) in [5.74, 6) is 0.137. The van der Waals surface area contributed by atoms with E-state index < -0.39 is 0 Å². The summed E-state index contributed by atoms with van der Waals surface area (Å²) in [6.07, 6.45) is 0.876. The minimum atomic E-state index is -0.246. The van der Waals surface area contributed by atoms with Crippen LogP contribution in [0.15, 0.2) is 72.8 Å². The molecule has 25 heavy (non-hydrogen) atoms. The lowest BCUT2D eigenvalue weighted by atomic mass is 9.92. The smallest absolute Gasteiger partial charge is 0.180 e. The third kappa shape index (κ3) is 4.15. The number of carbonyl (C=O) groups excluding carboxylic acids is 1. The van der Waals surface area contributed by atoms with E-state index in [1.807, 2.05) is 55.5 Å². The zero-order valence-electron chi connectivity index (χ0n) is 15.1. The van der Waals surface area contributed by atoms with Crippen molar-refractivity contribution in [3.63, 3.8) is 0 Å². The van der Waals surface area contributed by atoms with Gasteiger partial charge in [-0.3, -0.25) is 4.79 Å². The molecule has 0 spiro atoms. The fourth-order valence-corrected chi connectivity index (χ4v) is 3.48. The van der Waals surface area contributed by atoms with Crippen LogP contribution in [0.25, 0.3) is 10.8 Å². The van der Waals surface area contributed by atoms with E-state index in [0.717, 1.165) is 22.8 Å². The number of ketones is 1. The number of fused-ring (bicyclic) bond motifs is 1. The molecule has 0 radical (unpaired) electrons. The number of hydrogen-bond acceptors (Lipinski definition) is 2. The minimum absolute atomic E-state index is 0.137. The van der Waals surface area contributed by atoms with Crippen LogP contribution in [0.5, 0.6) is 0 Å². The normalized spacial score (nSPS) is 12.9. The highest BCUT2D eigenvalue weighted by Crippen LogP contribution is 2.21. The predicted octanol–water partition coefficient (Wildman–Crippen LogP) is 5.02. The maximum absolute atomic E-state index is 13.0. The first kappa shape index (κ1) is 17.4. The van der Waals surface area contributed by atoms with Crippen molar-refractivity contribution in [1.29, 1.82) is 0 Å². The van der Waals surface area contributed by atoms with Gasteiger partial charge in [0, 0.05) is 11.1 Å². The molecule has 3 aromatic rings. The molecule has 0 saturated carbocycles. The van der Waals surface area contributed by atoms with E-state index in [1.165, 1.54) is 5.56 Å². The Morgan fingerprint density at radius 3 is 2.32 bits per heavy atom. The van der Waals surface area contributed by atoms with Gasteiger partial charge in [0.1, 0.15) is 0 Å². The van der Waals surface area contributed by atoms with E-state index in [-0.39, 0.29) is 17.4 Å². The summed E-state index contributed by atoms with van der Waals surface area (Å²) in [5, 5.41) is 5.64. The van der Waals surface area contributed by atoms with Crippen molar-refractivity contribution < 1.29 is 4.79 Å². The number of benzene rings is 3. The summed E-state index contributed by atoms with van der Waals surface area (Å²) >= 11 is 0. The molecule has 3 rings (SSSR count). The number of carbonyl (C=O) groups is 1. The minimum Gasteiger partial charge on any atom is -0.302 e. The third-order valence-electron chi connectivity index (χ3n) is 4.54. The lowest BCUT2D eigenvalue weighted by Crippen LogP contribution is -2.49. The molecule has 3 aromatic carbocycles. The number of Topliss-reactive ketones (excluding diaryl/α,β-unsaturated/α-hetero) is 1. The summed E-state index contributed by atoms with van der Waals surface area (Å²) in [6.45, 7) is 6.25. The fourth-order valence-electron chi connectivity index (χ4n) is 3.48. The van der Waals surface area contributed by atoms with Crippen molar-refractivity contribution in [3.8, 4) is 0 Å². The van der Waals surface area contributed by atoms with Gasteiger partial charge in [0.15, 0.2) is 5.78 Å². The van der Waals surface area contributed by atoms with E-state index in [1.54, 1.807) is 0 Å². The summed E-state index contributed by atoms with van der Waals surface area (Å²) in [7, 11) is 0. The molecule has 2 nitrogen and oxygen atoms in total. The first-order valence-corrected chi connectivity index (χ1v) is 8.80. The highest BCUT2D eigenvalue weighted by Gasteiger charge is 2.25. The number of nitrogens with one attached hydrogen (secondary N) is 1. The van der Waals surface area contributed by atoms with Gasteiger partial charge in [0.25, 0.3) is 0 Å². The van der Waals surface area contributed by atoms with Crippen LogP contribution in [0, 0.1) is 0 Å². The summed E-state index contributed by atoms with van der Waals surface area (Å²) in [4.78, 5) is 13.0. The van der Waals surface area contributed by atoms with Gasteiger partial charge < -0.3 is 5.32 Å². The molecule has 0 aliphatic heterocycles. The lowest BCUT2D eigenvalue weighted by molar-refractivity contribution is 0.0934. The SMILES string of the molecule is CC(NC(C)(C)Cc1ccccc1)C(=O)c1cccc2ccccc12. The van der Waals surface area contributed by atoms with Crippen molar-refractivity contribution in [2.24, 2.45) is 0 Å². The van der Waals surface area contributed by atoms with Crippen LogP contribution in [0.2, 0.25) is 0 Å². The molecule has 0 aliphatic carbocycles. The molecule has 0 heterocycles. The Kier molecular flexibility index (Phi) is 5.00. The van der Waals surface area contributed by atoms with Gasteiger partial charge in [-0.25, -0.2) is 0 Å². The average Bonchev–Trinajstić information content (AvgIpc) is 2.60. The van der Waals surface area contributed by atoms with Crippen molar-refractivity contribution in [1.82, 2.24) is 5.32 Å². The molecule has 0 aliphatic rings. The Bertz CT molecular complexity index is 862. The standard InChI is InChI=1S/C23H25NO/c1-17(24-23(2,3)16-18-10-5-4-6-11-18)22(25)21-15-9-13-19-12-7-8-14-20(19)21/h4-15,17,24H,16H2,1-3H3. The van der Waals surface area contributed by atoms with E-state index >= 15 is 0 Å². The third-order valence-corrected chi connectivity index (χ3v) is 4.54. The monoisotopic (exact) mass is 331 g/mol. The van der Waals surface area contributed by atoms with Gasteiger partial charge in [-0.05, 0) is 43.5 Å². The zero-order chi connectivity index (χ0) is 17.9. The Hall–Kier alpha value is -2.45. The first-order valence-electron chi connectivity index (χ1n) is 8.80. The van der Waals surface area contributed by atoms with Crippen LogP contribution in [0.4, 0.5) is 0 Å². The predicted molar refractivity (Wildman–Crippen MR) is 105 cm³/mol. The second-order valence-corrected chi connectivity index (χ2v) is 7.30. The highest BCUT2D eigenvalue weighted by molar-refractivity contribution is 6.10. The largest absolute Gasteiger partial charge is 0.302 e. The molecule has 0 bridgehead atoms. The van der Waals surface area contributed by atoms with Gasteiger partial charge in [-0.15, -0.1) is 0 Å². The zero-order valence-corrected chi connectivity index (χ0v) is 15.1. The van der Waals surface area contributed by atoms with Crippen molar-refractivity contribution in [3.05, 3.63) is 83.9 Å². The molecular weight excluding hydrogens is 306 g/mol. The van der Waals surface area contributed by atoms with E-state index in [0.29, 0.717) is 0 Å². The number of rotatable bonds is 6. The van der Waals surface area contributed by atoms with Crippen LogP contribution >= 0.6 is 0 Å². The van der Waals surface area contributed by atoms with Crippen LogP contribution < -0.4 is 5.32 Å². The maximum atomic E-state index is 13.0. The lowest BCUT2D eigenvalue weighted by Gasteiger charge is -2.30. The van der Waals surface area contributed by atoms with Crippen LogP contribution in [-0.4, -0.2) is 17.4 Å². The van der Waals surface area contributed by atoms with Crippen LogP contribution in [-0.2, 0) is 6.42 Å². The quantitative estimate of drug-likeness (QED) is 0.642. The van der Waals surface area contributed by atoms with Crippen molar-refractivity contribution in [2.45, 2.75) is 38.8 Å². The first-order chi connectivity index (χ1) is 12.0. The molecule has 0 amide bonds. The van der Waals surface area contributed by atoms with Crippen molar-refractivity contribution >= 4 is 16.6 Å². The molecule has 128 valence electrons. The molecule has 1 N–H and O–H groups in total. The molecule has 0 saturated heterocycles. The average molecular weight is 331 g/mol. The Morgan fingerprint density at radius 2 is 1.56 bits per heavy atom. The Labute approximate surface area is 149 Å². The fraction of sp³-hybridized carbons (Fsp3) is 0.261. The highest BCUT2D eigenvalue weighted by atomic mass is 16.1. The topological polar surface area (TPSA) is 29.1 Å². The molecular formula is C23H25NO. The molecule has 0 fully saturated rings. The summed E-state index contributed by atoms with van der Waals surface area (Å²) < 4.78 is 0. The Balaban J connectivity index is 1.78. The van der Waals surface area contributed by atoms with Gasteiger partial charge in [0.2, 0.25) is 0 Å². The van der Waals surface area contributed by atoms with Gasteiger partial charge in [0.05, 0.1) is 6.04 Å². The van der Waals surface area contributed by atoms with Gasteiger partial charge in [-0.2, -0.15) is 0 Å². The Morgan fingerprint density at radius 1 is 0.920 bits per heavy atom. The van der Waals surface area contributed by atoms with E-state index in [4.69, 9.17) is 0 Å². The second kappa shape index (κ2) is 7.20. The molecule has 2 heteroatoms. The summed E-state index contributed by atoms with van der Waals surface area (Å²) in [5.41, 5.74) is 1.89. The van der Waals surface area contributed by atoms with Crippen LogP contribution in [0.1, 0.15) is 36.7 Å².